The smallest absolute Gasteiger partial charge is 0.154 e. The van der Waals surface area contributed by atoms with Crippen LogP contribution in [0.1, 0.15) is 40.5 Å². The van der Waals surface area contributed by atoms with E-state index in [0.717, 1.165) is 13.1 Å². The fourth-order valence-electron chi connectivity index (χ4n) is 2.16. The predicted octanol–water partition coefficient (Wildman–Crippen LogP) is 2.67. The standard InChI is InChI=1S/C13H21NO2S2/c1-5-14(6-2)12(17)18-11-9(15)7-13(3,4)8-10(11)16/h11H,5-8H2,1-4H3. The van der Waals surface area contributed by atoms with Crippen LogP contribution in [0, 0.1) is 5.41 Å². The molecule has 0 atom stereocenters. The Hall–Kier alpha value is -0.420. The molecule has 1 fully saturated rings. The number of ketones is 2. The van der Waals surface area contributed by atoms with Crippen LogP contribution in [0.4, 0.5) is 0 Å². The molecular weight excluding hydrogens is 266 g/mol. The van der Waals surface area contributed by atoms with Gasteiger partial charge in [0.05, 0.1) is 0 Å². The highest BCUT2D eigenvalue weighted by Gasteiger charge is 2.40. The van der Waals surface area contributed by atoms with Gasteiger partial charge in [-0.2, -0.15) is 0 Å². The number of hydrogen-bond donors (Lipinski definition) is 0. The van der Waals surface area contributed by atoms with Gasteiger partial charge in [-0.25, -0.2) is 0 Å². The monoisotopic (exact) mass is 287 g/mol. The van der Waals surface area contributed by atoms with Crippen molar-refractivity contribution in [3.63, 3.8) is 0 Å². The van der Waals surface area contributed by atoms with Crippen molar-refractivity contribution in [2.45, 2.75) is 45.8 Å². The van der Waals surface area contributed by atoms with Gasteiger partial charge in [0, 0.05) is 25.9 Å². The van der Waals surface area contributed by atoms with Crippen LogP contribution in [0.5, 0.6) is 0 Å². The van der Waals surface area contributed by atoms with Crippen LogP contribution in [0.15, 0.2) is 0 Å². The van der Waals surface area contributed by atoms with Crippen LogP contribution in [-0.2, 0) is 9.59 Å². The second kappa shape index (κ2) is 6.15. The summed E-state index contributed by atoms with van der Waals surface area (Å²) in [4.78, 5) is 26.1. The molecule has 18 heavy (non-hydrogen) atoms. The minimum atomic E-state index is -0.578. The Bertz CT molecular complexity index is 342. The van der Waals surface area contributed by atoms with Gasteiger partial charge < -0.3 is 4.90 Å². The molecule has 1 aliphatic carbocycles. The van der Waals surface area contributed by atoms with Gasteiger partial charge in [-0.3, -0.25) is 9.59 Å². The van der Waals surface area contributed by atoms with Gasteiger partial charge in [0.15, 0.2) is 11.6 Å². The molecule has 3 nitrogen and oxygen atoms in total. The van der Waals surface area contributed by atoms with Gasteiger partial charge in [0.1, 0.15) is 9.57 Å². The van der Waals surface area contributed by atoms with Crippen molar-refractivity contribution in [3.8, 4) is 0 Å². The topological polar surface area (TPSA) is 37.4 Å². The summed E-state index contributed by atoms with van der Waals surface area (Å²) >= 11 is 6.56. The number of thioether (sulfide) groups is 1. The molecule has 0 aromatic rings. The van der Waals surface area contributed by atoms with Crippen molar-refractivity contribution in [1.82, 2.24) is 4.90 Å². The number of thiocarbonyl (C=S) groups is 1. The van der Waals surface area contributed by atoms with Crippen LogP contribution in [0.2, 0.25) is 0 Å². The molecule has 0 heterocycles. The van der Waals surface area contributed by atoms with Gasteiger partial charge in [0.25, 0.3) is 0 Å². The fourth-order valence-corrected chi connectivity index (χ4v) is 3.74. The molecule has 0 amide bonds. The summed E-state index contributed by atoms with van der Waals surface area (Å²) in [6.45, 7) is 9.58. The average molecular weight is 287 g/mol. The van der Waals surface area contributed by atoms with Gasteiger partial charge in [-0.15, -0.1) is 0 Å². The molecule has 0 unspecified atom stereocenters. The minimum absolute atomic E-state index is 0.0238. The second-order valence-electron chi connectivity index (χ2n) is 5.39. The van der Waals surface area contributed by atoms with E-state index in [9.17, 15) is 9.59 Å². The Morgan fingerprint density at radius 3 is 2.11 bits per heavy atom. The molecule has 1 rings (SSSR count). The maximum absolute atomic E-state index is 12.0. The summed E-state index contributed by atoms with van der Waals surface area (Å²) in [7, 11) is 0. The van der Waals surface area contributed by atoms with Crippen molar-refractivity contribution in [2.75, 3.05) is 13.1 Å². The number of nitrogens with zero attached hydrogens (tertiary/aromatic N) is 1. The third-order valence-corrected chi connectivity index (χ3v) is 4.90. The molecule has 102 valence electrons. The summed E-state index contributed by atoms with van der Waals surface area (Å²) in [5.41, 5.74) is -0.192. The molecule has 0 bridgehead atoms. The maximum atomic E-state index is 12.0. The molecule has 0 aromatic carbocycles. The largest absolute Gasteiger partial charge is 0.358 e. The van der Waals surface area contributed by atoms with Crippen molar-refractivity contribution in [3.05, 3.63) is 0 Å². The summed E-state index contributed by atoms with van der Waals surface area (Å²) in [5.74, 6) is 0.0477. The zero-order chi connectivity index (χ0) is 13.9. The number of carbonyl (C=O) groups excluding carboxylic acids is 2. The lowest BCUT2D eigenvalue weighted by atomic mass is 9.76. The van der Waals surface area contributed by atoms with Crippen LogP contribution >= 0.6 is 24.0 Å². The summed E-state index contributed by atoms with van der Waals surface area (Å²) < 4.78 is 0.659. The Kier molecular flexibility index (Phi) is 5.34. The Morgan fingerprint density at radius 1 is 1.28 bits per heavy atom. The van der Waals surface area contributed by atoms with Gasteiger partial charge in [-0.05, 0) is 19.3 Å². The predicted molar refractivity (Wildman–Crippen MR) is 79.9 cm³/mol. The van der Waals surface area contributed by atoms with E-state index in [2.05, 4.69) is 0 Å². The molecule has 1 saturated carbocycles. The molecule has 1 aliphatic rings. The van der Waals surface area contributed by atoms with Crippen LogP contribution < -0.4 is 0 Å². The third kappa shape index (κ3) is 3.79. The number of carbonyl (C=O) groups is 2. The maximum Gasteiger partial charge on any atom is 0.154 e. The minimum Gasteiger partial charge on any atom is -0.358 e. The van der Waals surface area contributed by atoms with E-state index in [0.29, 0.717) is 17.2 Å². The molecule has 0 spiro atoms. The molecule has 0 radical (unpaired) electrons. The van der Waals surface area contributed by atoms with E-state index in [1.807, 2.05) is 32.6 Å². The fraction of sp³-hybridized carbons (Fsp3) is 0.769. The van der Waals surface area contributed by atoms with E-state index < -0.39 is 5.25 Å². The van der Waals surface area contributed by atoms with Crippen LogP contribution in [-0.4, -0.2) is 39.1 Å². The van der Waals surface area contributed by atoms with Crippen molar-refractivity contribution >= 4 is 39.9 Å². The third-order valence-electron chi connectivity index (χ3n) is 3.13. The highest BCUT2D eigenvalue weighted by Crippen LogP contribution is 2.36. The normalized spacial score (nSPS) is 20.0. The number of Topliss-reactive ketones (excluding diaryl/α,β-unsaturated/α-hetero) is 2. The van der Waals surface area contributed by atoms with Gasteiger partial charge in [0.2, 0.25) is 0 Å². The van der Waals surface area contributed by atoms with Crippen LogP contribution in [0.25, 0.3) is 0 Å². The van der Waals surface area contributed by atoms with E-state index in [1.165, 1.54) is 11.8 Å². The first kappa shape index (κ1) is 15.6. The average Bonchev–Trinajstić information content (AvgIpc) is 2.24. The Labute approximate surface area is 119 Å². The Balaban J connectivity index is 2.70. The highest BCUT2D eigenvalue weighted by molar-refractivity contribution is 8.24. The lowest BCUT2D eigenvalue weighted by Gasteiger charge is -2.32. The summed E-state index contributed by atoms with van der Waals surface area (Å²) in [5, 5.41) is -0.578. The first-order chi connectivity index (χ1) is 8.30. The second-order valence-corrected chi connectivity index (χ2v) is 7.13. The molecule has 0 saturated heterocycles. The zero-order valence-corrected chi connectivity index (χ0v) is 13.1. The molecular formula is C13H21NO2S2. The van der Waals surface area contributed by atoms with Gasteiger partial charge in [-0.1, -0.05) is 37.8 Å². The van der Waals surface area contributed by atoms with E-state index in [1.54, 1.807) is 0 Å². The van der Waals surface area contributed by atoms with Crippen LogP contribution in [0.3, 0.4) is 0 Å². The van der Waals surface area contributed by atoms with Crippen molar-refractivity contribution in [2.24, 2.45) is 5.41 Å². The number of hydrogen-bond acceptors (Lipinski definition) is 4. The van der Waals surface area contributed by atoms with Gasteiger partial charge >= 0.3 is 0 Å². The van der Waals surface area contributed by atoms with Crippen molar-refractivity contribution < 1.29 is 9.59 Å². The summed E-state index contributed by atoms with van der Waals surface area (Å²) in [6.07, 6.45) is 0.939. The lowest BCUT2D eigenvalue weighted by molar-refractivity contribution is -0.132. The molecule has 0 aromatic heterocycles. The Morgan fingerprint density at radius 2 is 1.72 bits per heavy atom. The van der Waals surface area contributed by atoms with E-state index in [-0.39, 0.29) is 17.0 Å². The molecule has 0 N–H and O–H groups in total. The number of rotatable bonds is 3. The first-order valence-corrected chi connectivity index (χ1v) is 7.60. The SMILES string of the molecule is CCN(CC)C(=S)SC1C(=O)CC(C)(C)CC1=O. The van der Waals surface area contributed by atoms with Crippen molar-refractivity contribution in [1.29, 1.82) is 0 Å². The first-order valence-electron chi connectivity index (χ1n) is 6.31. The molecule has 0 aliphatic heterocycles. The van der Waals surface area contributed by atoms with E-state index >= 15 is 0 Å². The quantitative estimate of drug-likeness (QED) is 0.589. The lowest BCUT2D eigenvalue weighted by Crippen LogP contribution is -2.41. The van der Waals surface area contributed by atoms with E-state index in [4.69, 9.17) is 12.2 Å². The summed E-state index contributed by atoms with van der Waals surface area (Å²) in [6, 6.07) is 0. The molecule has 5 heteroatoms. The zero-order valence-electron chi connectivity index (χ0n) is 11.5. The highest BCUT2D eigenvalue weighted by atomic mass is 32.2.